The summed E-state index contributed by atoms with van der Waals surface area (Å²) in [7, 11) is 0. The first-order valence-corrected chi connectivity index (χ1v) is 6.95. The second-order valence-electron chi connectivity index (χ2n) is 4.44. The van der Waals surface area contributed by atoms with Crippen LogP contribution in [0.1, 0.15) is 35.1 Å². The van der Waals surface area contributed by atoms with Crippen LogP contribution in [0.5, 0.6) is 0 Å². The summed E-state index contributed by atoms with van der Waals surface area (Å²) in [6.07, 6.45) is 3.94. The van der Waals surface area contributed by atoms with Gasteiger partial charge in [-0.1, -0.05) is 23.9 Å². The Labute approximate surface area is 109 Å². The van der Waals surface area contributed by atoms with Crippen LogP contribution in [0.15, 0.2) is 22.4 Å². The summed E-state index contributed by atoms with van der Waals surface area (Å²) >= 11 is 1.79. The first-order valence-electron chi connectivity index (χ1n) is 6.07. The Hall–Kier alpha value is -0.730. The minimum Gasteiger partial charge on any atom is -0.396 e. The van der Waals surface area contributed by atoms with Crippen LogP contribution in [0.25, 0.3) is 0 Å². The van der Waals surface area contributed by atoms with Crippen molar-refractivity contribution in [2.45, 2.75) is 45.4 Å². The van der Waals surface area contributed by atoms with Gasteiger partial charge in [-0.25, -0.2) is 0 Å². The average molecular weight is 250 g/mol. The van der Waals surface area contributed by atoms with Crippen molar-refractivity contribution in [2.75, 3.05) is 6.61 Å². The molecule has 1 rings (SSSR count). The molecule has 0 spiro atoms. The normalized spacial score (nSPS) is 11.4. The summed E-state index contributed by atoms with van der Waals surface area (Å²) in [5.41, 5.74) is 5.48. The molecule has 17 heavy (non-hydrogen) atoms. The van der Waals surface area contributed by atoms with Gasteiger partial charge >= 0.3 is 0 Å². The molecule has 0 atom stereocenters. The number of aryl methyl sites for hydroxylation is 2. The molecule has 0 radical (unpaired) electrons. The second kappa shape index (κ2) is 6.87. The third-order valence-electron chi connectivity index (χ3n) is 3.11. The molecular formula is C15H22OS. The lowest BCUT2D eigenvalue weighted by molar-refractivity contribution is 0.289. The van der Waals surface area contributed by atoms with Crippen molar-refractivity contribution < 1.29 is 5.11 Å². The van der Waals surface area contributed by atoms with Crippen molar-refractivity contribution in [1.29, 1.82) is 0 Å². The van der Waals surface area contributed by atoms with Gasteiger partial charge in [0.1, 0.15) is 0 Å². The topological polar surface area (TPSA) is 20.2 Å². The highest BCUT2D eigenvalue weighted by Gasteiger charge is 2.07. The van der Waals surface area contributed by atoms with Gasteiger partial charge in [0.05, 0.1) is 0 Å². The summed E-state index contributed by atoms with van der Waals surface area (Å²) in [5.74, 6) is 0. The first kappa shape index (κ1) is 14.3. The van der Waals surface area contributed by atoms with Gasteiger partial charge in [0.2, 0.25) is 0 Å². The number of unbranched alkanes of at least 4 members (excludes halogenated alkanes) is 1. The molecular weight excluding hydrogens is 228 g/mol. The second-order valence-corrected chi connectivity index (χ2v) is 5.36. The van der Waals surface area contributed by atoms with Gasteiger partial charge in [0.15, 0.2) is 0 Å². The summed E-state index contributed by atoms with van der Waals surface area (Å²) in [5, 5.41) is 10.8. The SMILES string of the molecule is Cc1cc(C)c(C)c(S/C=C\CCCO)c1C. The van der Waals surface area contributed by atoms with Crippen LogP contribution in [0.4, 0.5) is 0 Å². The molecule has 94 valence electrons. The van der Waals surface area contributed by atoms with E-state index in [-0.39, 0.29) is 6.61 Å². The molecule has 0 aliphatic rings. The number of benzene rings is 1. The number of allylic oxidation sites excluding steroid dienone is 1. The molecule has 1 aromatic carbocycles. The Kier molecular flexibility index (Phi) is 5.79. The van der Waals surface area contributed by atoms with Crippen molar-refractivity contribution in [3.05, 3.63) is 39.8 Å². The highest BCUT2D eigenvalue weighted by Crippen LogP contribution is 2.31. The lowest BCUT2D eigenvalue weighted by Gasteiger charge is -2.13. The van der Waals surface area contributed by atoms with E-state index in [2.05, 4.69) is 45.2 Å². The Bertz CT molecular complexity index is 382. The smallest absolute Gasteiger partial charge is 0.0433 e. The fourth-order valence-corrected chi connectivity index (χ4v) is 2.79. The summed E-state index contributed by atoms with van der Waals surface area (Å²) in [4.78, 5) is 1.38. The van der Waals surface area contributed by atoms with E-state index in [0.29, 0.717) is 0 Å². The van der Waals surface area contributed by atoms with Crippen LogP contribution in [0, 0.1) is 27.7 Å². The van der Waals surface area contributed by atoms with E-state index in [1.165, 1.54) is 27.1 Å². The first-order chi connectivity index (χ1) is 8.07. The Balaban J connectivity index is 2.80. The third kappa shape index (κ3) is 3.90. The number of hydrogen-bond donors (Lipinski definition) is 1. The van der Waals surface area contributed by atoms with Crippen molar-refractivity contribution >= 4 is 11.8 Å². The van der Waals surface area contributed by atoms with E-state index in [4.69, 9.17) is 5.11 Å². The molecule has 1 nitrogen and oxygen atoms in total. The van der Waals surface area contributed by atoms with E-state index in [1.54, 1.807) is 11.8 Å². The molecule has 0 fully saturated rings. The Morgan fingerprint density at radius 2 is 1.71 bits per heavy atom. The average Bonchev–Trinajstić information content (AvgIpc) is 2.30. The predicted octanol–water partition coefficient (Wildman–Crippen LogP) is 4.30. The van der Waals surface area contributed by atoms with Crippen LogP contribution in [-0.2, 0) is 0 Å². The Morgan fingerprint density at radius 1 is 1.12 bits per heavy atom. The van der Waals surface area contributed by atoms with E-state index >= 15 is 0 Å². The zero-order chi connectivity index (χ0) is 12.8. The maximum atomic E-state index is 8.70. The van der Waals surface area contributed by atoms with Gasteiger partial charge in [-0.15, -0.1) is 0 Å². The van der Waals surface area contributed by atoms with E-state index in [0.717, 1.165) is 12.8 Å². The molecule has 0 bridgehead atoms. The zero-order valence-corrected chi connectivity index (χ0v) is 12.0. The summed E-state index contributed by atoms with van der Waals surface area (Å²) in [6, 6.07) is 2.25. The lowest BCUT2D eigenvalue weighted by Crippen LogP contribution is -1.92. The zero-order valence-electron chi connectivity index (χ0n) is 11.2. The molecule has 0 amide bonds. The fourth-order valence-electron chi connectivity index (χ4n) is 1.75. The van der Waals surface area contributed by atoms with Crippen molar-refractivity contribution in [3.8, 4) is 0 Å². The van der Waals surface area contributed by atoms with E-state index < -0.39 is 0 Å². The van der Waals surface area contributed by atoms with Crippen molar-refractivity contribution in [3.63, 3.8) is 0 Å². The molecule has 0 aliphatic carbocycles. The minimum atomic E-state index is 0.274. The molecule has 1 N–H and O–H groups in total. The molecule has 2 heteroatoms. The monoisotopic (exact) mass is 250 g/mol. The lowest BCUT2D eigenvalue weighted by atomic mass is 10.0. The molecule has 0 aromatic heterocycles. The molecule has 1 aromatic rings. The van der Waals surface area contributed by atoms with Crippen molar-refractivity contribution in [2.24, 2.45) is 0 Å². The van der Waals surface area contributed by atoms with Gasteiger partial charge < -0.3 is 5.11 Å². The largest absolute Gasteiger partial charge is 0.396 e. The number of thioether (sulfide) groups is 1. The van der Waals surface area contributed by atoms with E-state index in [1.807, 2.05) is 0 Å². The molecule has 0 heterocycles. The van der Waals surface area contributed by atoms with Gasteiger partial charge in [-0.2, -0.15) is 0 Å². The van der Waals surface area contributed by atoms with Gasteiger partial charge in [-0.3, -0.25) is 0 Å². The van der Waals surface area contributed by atoms with Gasteiger partial charge in [-0.05, 0) is 68.2 Å². The van der Waals surface area contributed by atoms with Crippen LogP contribution >= 0.6 is 11.8 Å². The third-order valence-corrected chi connectivity index (χ3v) is 4.28. The number of hydrogen-bond acceptors (Lipinski definition) is 2. The highest BCUT2D eigenvalue weighted by molar-refractivity contribution is 8.02. The highest BCUT2D eigenvalue weighted by atomic mass is 32.2. The predicted molar refractivity (Wildman–Crippen MR) is 76.7 cm³/mol. The number of aliphatic hydroxyl groups excluding tert-OH is 1. The molecule has 0 aliphatic heterocycles. The number of rotatable bonds is 5. The minimum absolute atomic E-state index is 0.274. The molecule has 0 saturated heterocycles. The van der Waals surface area contributed by atoms with Gasteiger partial charge in [0.25, 0.3) is 0 Å². The van der Waals surface area contributed by atoms with Crippen LogP contribution in [0.2, 0.25) is 0 Å². The van der Waals surface area contributed by atoms with Crippen LogP contribution in [-0.4, -0.2) is 11.7 Å². The summed E-state index contributed by atoms with van der Waals surface area (Å²) < 4.78 is 0. The van der Waals surface area contributed by atoms with Gasteiger partial charge in [0, 0.05) is 11.5 Å². The standard InChI is InChI=1S/C15H22OS/c1-11-10-12(2)14(4)15(13(11)3)17-9-7-5-6-8-16/h7,9-10,16H,5-6,8H2,1-4H3/b9-7-. The van der Waals surface area contributed by atoms with E-state index in [9.17, 15) is 0 Å². The maximum absolute atomic E-state index is 8.70. The molecule has 0 unspecified atom stereocenters. The summed E-state index contributed by atoms with van der Waals surface area (Å²) in [6.45, 7) is 8.98. The number of aliphatic hydroxyl groups is 1. The van der Waals surface area contributed by atoms with Crippen LogP contribution in [0.3, 0.4) is 0 Å². The maximum Gasteiger partial charge on any atom is 0.0433 e. The van der Waals surface area contributed by atoms with Crippen molar-refractivity contribution in [1.82, 2.24) is 0 Å². The quantitative estimate of drug-likeness (QED) is 0.621. The molecule has 0 saturated carbocycles. The fraction of sp³-hybridized carbons (Fsp3) is 0.467. The Morgan fingerprint density at radius 3 is 2.24 bits per heavy atom. The van der Waals surface area contributed by atoms with Crippen LogP contribution < -0.4 is 0 Å².